The van der Waals surface area contributed by atoms with Gasteiger partial charge in [0.25, 0.3) is 0 Å². The molecule has 0 radical (unpaired) electrons. The van der Waals surface area contributed by atoms with Gasteiger partial charge in [-0.2, -0.15) is 18.2 Å². The number of ether oxygens (including phenoxy) is 1. The average molecular weight is 416 g/mol. The Morgan fingerprint density at radius 3 is 2.23 bits per heavy atom. The highest BCUT2D eigenvalue weighted by molar-refractivity contribution is 5.65. The Labute approximate surface area is 173 Å². The lowest BCUT2D eigenvalue weighted by Gasteiger charge is -2.23. The molecule has 1 aromatic heterocycles. The number of anilines is 4. The van der Waals surface area contributed by atoms with Crippen LogP contribution in [0.15, 0.2) is 54.7 Å². The molecule has 0 spiro atoms. The first-order valence-electron chi connectivity index (χ1n) is 9.58. The van der Waals surface area contributed by atoms with Crippen molar-refractivity contribution >= 4 is 23.1 Å². The second kappa shape index (κ2) is 9.02. The minimum Gasteiger partial charge on any atom is -0.494 e. The first kappa shape index (κ1) is 21.4. The Balaban J connectivity index is 1.94. The molecular weight excluding hydrogens is 393 g/mol. The van der Waals surface area contributed by atoms with Crippen molar-refractivity contribution in [2.45, 2.75) is 26.4 Å². The lowest BCUT2D eigenvalue weighted by molar-refractivity contribution is -0.137. The van der Waals surface area contributed by atoms with Gasteiger partial charge in [-0.15, -0.1) is 0 Å². The summed E-state index contributed by atoms with van der Waals surface area (Å²) in [5.41, 5.74) is 1.48. The van der Waals surface area contributed by atoms with Crippen molar-refractivity contribution in [2.24, 2.45) is 0 Å². The molecule has 3 rings (SSSR count). The summed E-state index contributed by atoms with van der Waals surface area (Å²) in [6.07, 6.45) is -2.89. The number of benzene rings is 2. The van der Waals surface area contributed by atoms with E-state index in [4.69, 9.17) is 4.74 Å². The topological polar surface area (TPSA) is 50.3 Å². The summed E-state index contributed by atoms with van der Waals surface area (Å²) in [4.78, 5) is 9.41. The van der Waals surface area contributed by atoms with E-state index in [1.165, 1.54) is 11.9 Å². The summed E-state index contributed by atoms with van der Waals surface area (Å²) in [6.45, 7) is 4.42. The van der Waals surface area contributed by atoms with Gasteiger partial charge < -0.3 is 15.0 Å². The maximum atomic E-state index is 13.6. The number of alkyl halides is 3. The van der Waals surface area contributed by atoms with E-state index in [0.29, 0.717) is 23.7 Å². The van der Waals surface area contributed by atoms with E-state index in [1.807, 2.05) is 38.1 Å². The molecule has 158 valence electrons. The van der Waals surface area contributed by atoms with E-state index < -0.39 is 11.7 Å². The summed E-state index contributed by atoms with van der Waals surface area (Å²) >= 11 is 0. The molecule has 0 atom stereocenters. The Hall–Kier alpha value is -3.29. The predicted molar refractivity (Wildman–Crippen MR) is 112 cm³/mol. The smallest absolute Gasteiger partial charge is 0.421 e. The molecule has 1 heterocycles. The van der Waals surface area contributed by atoms with Gasteiger partial charge >= 0.3 is 6.18 Å². The van der Waals surface area contributed by atoms with E-state index in [-0.39, 0.29) is 11.8 Å². The first-order valence-corrected chi connectivity index (χ1v) is 9.58. The van der Waals surface area contributed by atoms with Gasteiger partial charge in [0.2, 0.25) is 5.95 Å². The van der Waals surface area contributed by atoms with E-state index in [1.54, 1.807) is 24.3 Å². The highest BCUT2D eigenvalue weighted by Gasteiger charge is 2.36. The fourth-order valence-electron chi connectivity index (χ4n) is 2.90. The summed E-state index contributed by atoms with van der Waals surface area (Å²) in [6, 6.07) is 14.4. The maximum Gasteiger partial charge on any atom is 0.421 e. The van der Waals surface area contributed by atoms with Gasteiger partial charge in [-0.25, -0.2) is 4.98 Å². The van der Waals surface area contributed by atoms with Crippen LogP contribution in [0.4, 0.5) is 36.3 Å². The number of hydrogen-bond acceptors (Lipinski definition) is 5. The van der Waals surface area contributed by atoms with Gasteiger partial charge in [-0.1, -0.05) is 19.1 Å². The van der Waals surface area contributed by atoms with Crippen molar-refractivity contribution < 1.29 is 17.9 Å². The predicted octanol–water partition coefficient (Wildman–Crippen LogP) is 5.97. The van der Waals surface area contributed by atoms with E-state index in [2.05, 4.69) is 15.3 Å². The molecule has 5 nitrogen and oxygen atoms in total. The van der Waals surface area contributed by atoms with Crippen LogP contribution in [0.2, 0.25) is 0 Å². The van der Waals surface area contributed by atoms with Crippen LogP contribution in [-0.4, -0.2) is 23.6 Å². The largest absolute Gasteiger partial charge is 0.494 e. The molecule has 0 saturated carbocycles. The molecule has 1 N–H and O–H groups in total. The van der Waals surface area contributed by atoms with Crippen LogP contribution in [0.3, 0.4) is 0 Å². The second-order valence-electron chi connectivity index (χ2n) is 6.59. The first-order chi connectivity index (χ1) is 14.3. The molecule has 8 heteroatoms. The van der Waals surface area contributed by atoms with Crippen molar-refractivity contribution in [2.75, 3.05) is 23.9 Å². The normalized spacial score (nSPS) is 11.3. The summed E-state index contributed by atoms with van der Waals surface area (Å²) in [5, 5.41) is 2.97. The number of nitrogens with zero attached hydrogens (tertiary/aromatic N) is 3. The van der Waals surface area contributed by atoms with Crippen LogP contribution in [0, 0.1) is 0 Å². The standard InChI is InChI=1S/C22H23F3N4O/c1-4-15-6-8-16(9-7-15)27-21-26-14-19(22(23,24)25)20(28-21)29(3)17-10-12-18(13-11-17)30-5-2/h6-14H,4-5H2,1-3H3,(H,26,27,28). The molecule has 0 amide bonds. The Kier molecular flexibility index (Phi) is 6.44. The number of halogens is 3. The van der Waals surface area contributed by atoms with Gasteiger partial charge in [-0.05, 0) is 55.3 Å². The molecule has 2 aromatic carbocycles. The van der Waals surface area contributed by atoms with Crippen LogP contribution in [0.25, 0.3) is 0 Å². The number of nitrogens with one attached hydrogen (secondary N) is 1. The zero-order valence-corrected chi connectivity index (χ0v) is 17.0. The summed E-state index contributed by atoms with van der Waals surface area (Å²) in [5.74, 6) is 0.487. The second-order valence-corrected chi connectivity index (χ2v) is 6.59. The van der Waals surface area contributed by atoms with Gasteiger partial charge in [0.15, 0.2) is 5.82 Å². The Morgan fingerprint density at radius 1 is 1.00 bits per heavy atom. The molecule has 0 bridgehead atoms. The van der Waals surface area contributed by atoms with Crippen LogP contribution in [0.5, 0.6) is 5.75 Å². The quantitative estimate of drug-likeness (QED) is 0.514. The van der Waals surface area contributed by atoms with Crippen molar-refractivity contribution in [1.29, 1.82) is 0 Å². The van der Waals surface area contributed by atoms with Crippen molar-refractivity contribution in [1.82, 2.24) is 9.97 Å². The molecule has 0 unspecified atom stereocenters. The lowest BCUT2D eigenvalue weighted by atomic mass is 10.1. The minimum absolute atomic E-state index is 0.0834. The summed E-state index contributed by atoms with van der Waals surface area (Å²) in [7, 11) is 1.53. The molecule has 30 heavy (non-hydrogen) atoms. The van der Waals surface area contributed by atoms with E-state index in [9.17, 15) is 13.2 Å². The third-order valence-corrected chi connectivity index (χ3v) is 4.55. The van der Waals surface area contributed by atoms with Crippen molar-refractivity contribution in [3.8, 4) is 5.75 Å². The van der Waals surface area contributed by atoms with Crippen molar-refractivity contribution in [3.63, 3.8) is 0 Å². The summed E-state index contributed by atoms with van der Waals surface area (Å²) < 4.78 is 46.1. The van der Waals surface area contributed by atoms with Crippen LogP contribution >= 0.6 is 0 Å². The van der Waals surface area contributed by atoms with Crippen LogP contribution < -0.4 is 15.0 Å². The molecule has 0 aliphatic rings. The highest BCUT2D eigenvalue weighted by Crippen LogP contribution is 2.38. The molecule has 0 aliphatic heterocycles. The van der Waals surface area contributed by atoms with Gasteiger partial charge in [-0.3, -0.25) is 0 Å². The van der Waals surface area contributed by atoms with E-state index in [0.717, 1.165) is 18.2 Å². The average Bonchev–Trinajstić information content (AvgIpc) is 2.74. The number of rotatable bonds is 7. The number of aromatic nitrogens is 2. The Morgan fingerprint density at radius 2 is 1.67 bits per heavy atom. The van der Waals surface area contributed by atoms with Crippen molar-refractivity contribution in [3.05, 3.63) is 65.9 Å². The maximum absolute atomic E-state index is 13.6. The zero-order chi connectivity index (χ0) is 21.7. The highest BCUT2D eigenvalue weighted by atomic mass is 19.4. The molecule has 3 aromatic rings. The van der Waals surface area contributed by atoms with Crippen LogP contribution in [0.1, 0.15) is 25.0 Å². The third kappa shape index (κ3) is 5.00. The van der Waals surface area contributed by atoms with Crippen LogP contribution in [-0.2, 0) is 12.6 Å². The zero-order valence-electron chi connectivity index (χ0n) is 17.0. The van der Waals surface area contributed by atoms with E-state index >= 15 is 0 Å². The number of aryl methyl sites for hydroxylation is 1. The molecule has 0 fully saturated rings. The molecule has 0 aliphatic carbocycles. The SMILES string of the molecule is CCOc1ccc(N(C)c2nc(Nc3ccc(CC)cc3)ncc2C(F)(F)F)cc1. The fourth-order valence-corrected chi connectivity index (χ4v) is 2.90. The Bertz CT molecular complexity index is 973. The number of hydrogen-bond donors (Lipinski definition) is 1. The third-order valence-electron chi connectivity index (χ3n) is 4.55. The fraction of sp³-hybridized carbons (Fsp3) is 0.273. The minimum atomic E-state index is -4.59. The van der Waals surface area contributed by atoms with Gasteiger partial charge in [0, 0.05) is 24.6 Å². The lowest BCUT2D eigenvalue weighted by Crippen LogP contribution is -2.19. The molecular formula is C22H23F3N4O. The molecule has 0 saturated heterocycles. The van der Waals surface area contributed by atoms with Gasteiger partial charge in [0.1, 0.15) is 11.3 Å². The van der Waals surface area contributed by atoms with Gasteiger partial charge in [0.05, 0.1) is 6.61 Å². The monoisotopic (exact) mass is 416 g/mol.